The molecule has 2 aromatic heterocycles. The maximum atomic E-state index is 12.7. The number of carboxylic acids is 1. The number of carbonyl (C=O) groups excluding carboxylic acids is 1. The van der Waals surface area contributed by atoms with Crippen molar-refractivity contribution in [2.24, 2.45) is 17.3 Å². The Morgan fingerprint density at radius 1 is 1.00 bits per heavy atom. The second-order valence-electron chi connectivity index (χ2n) is 16.7. The minimum atomic E-state index is -1.77. The van der Waals surface area contributed by atoms with Crippen molar-refractivity contribution in [1.82, 2.24) is 14.9 Å². The van der Waals surface area contributed by atoms with Gasteiger partial charge in [0.2, 0.25) is 5.91 Å². The largest absolute Gasteiger partial charge is 0.477 e. The van der Waals surface area contributed by atoms with Crippen LogP contribution in [0.25, 0.3) is 0 Å². The van der Waals surface area contributed by atoms with E-state index in [1.54, 1.807) is 19.3 Å². The Hall–Kier alpha value is -2.40. The lowest BCUT2D eigenvalue weighted by atomic mass is 9.79. The zero-order valence-electron chi connectivity index (χ0n) is 32.6. The van der Waals surface area contributed by atoms with E-state index in [0.29, 0.717) is 24.4 Å². The van der Waals surface area contributed by atoms with Gasteiger partial charge in [-0.3, -0.25) is 14.8 Å². The molecule has 0 saturated carbocycles. The smallest absolute Gasteiger partial charge is 0.353 e. The van der Waals surface area contributed by atoms with Crippen LogP contribution in [-0.4, -0.2) is 95.6 Å². The van der Waals surface area contributed by atoms with Crippen LogP contribution in [0.1, 0.15) is 66.8 Å². The highest BCUT2D eigenvalue weighted by Crippen LogP contribution is 2.52. The van der Waals surface area contributed by atoms with Crippen LogP contribution >= 0.6 is 11.8 Å². The first-order chi connectivity index (χ1) is 23.6. The third-order valence-corrected chi connectivity index (χ3v) is 16.8. The predicted molar refractivity (Wildman–Crippen MR) is 209 cm³/mol. The Kier molecular flexibility index (Phi) is 14.9. The minimum Gasteiger partial charge on any atom is -0.477 e. The predicted octanol–water partition coefficient (Wildman–Crippen LogP) is 6.30. The number of β-lactam (4-membered cyclic amide) rings is 1. The molecule has 2 aliphatic heterocycles. The number of hydrogen-bond donors (Lipinski definition) is 3. The van der Waals surface area contributed by atoms with Crippen LogP contribution in [0.2, 0.25) is 31.2 Å². The zero-order chi connectivity index (χ0) is 38.5. The summed E-state index contributed by atoms with van der Waals surface area (Å²) in [6.45, 7) is 25.6. The molecule has 1 saturated heterocycles. The van der Waals surface area contributed by atoms with Crippen molar-refractivity contribution in [2.75, 3.05) is 6.61 Å². The molecule has 284 valence electrons. The summed E-state index contributed by atoms with van der Waals surface area (Å²) in [6.07, 6.45) is 3.26. The fraction of sp³-hybridized carbons (Fsp3) is 0.632. The molecule has 0 radical (unpaired) electrons. The number of aromatic nitrogens is 2. The highest BCUT2D eigenvalue weighted by atomic mass is 32.2. The lowest BCUT2D eigenvalue weighted by Gasteiger charge is -2.46. The summed E-state index contributed by atoms with van der Waals surface area (Å²) in [5.41, 5.74) is 1.71. The maximum absolute atomic E-state index is 12.7. The van der Waals surface area contributed by atoms with Gasteiger partial charge in [0.25, 0.3) is 0 Å². The van der Waals surface area contributed by atoms with Gasteiger partial charge in [0.1, 0.15) is 5.70 Å². The molecule has 4 heterocycles. The summed E-state index contributed by atoms with van der Waals surface area (Å²) >= 11 is 1.51. The van der Waals surface area contributed by atoms with E-state index in [1.165, 1.54) is 16.7 Å². The van der Waals surface area contributed by atoms with Crippen molar-refractivity contribution in [2.45, 2.75) is 129 Å². The number of rotatable bonds is 14. The normalized spacial score (nSPS) is 21.7. The zero-order valence-corrected chi connectivity index (χ0v) is 35.6. The molecule has 4 rings (SSSR count). The van der Waals surface area contributed by atoms with Crippen LogP contribution in [0, 0.1) is 17.3 Å². The molecule has 3 unspecified atom stereocenters. The van der Waals surface area contributed by atoms with E-state index < -0.39 is 41.5 Å². The van der Waals surface area contributed by atoms with Crippen LogP contribution in [0.5, 0.6) is 0 Å². The number of aliphatic carboxylic acids is 1. The van der Waals surface area contributed by atoms with Gasteiger partial charge in [0.15, 0.2) is 17.4 Å². The van der Waals surface area contributed by atoms with E-state index in [2.05, 4.69) is 77.7 Å². The number of fused-ring (bicyclic) bond motifs is 1. The first kappa shape index (κ1) is 43.0. The third kappa shape index (κ3) is 11.1. The van der Waals surface area contributed by atoms with Gasteiger partial charge in [-0.15, -0.1) is 11.8 Å². The SMILES string of the molecule is CC(C)(C)[Si](C)(C)OCC(O)Cc1ccccn1.C[C@@H](O)[C@H]1C(=O)N2C(C(=O)O)=C(SC(Cc3ccccn3)C(O[SiH](C)C)C(C)(C)C)[C@H](C)[C@H]12. The minimum absolute atomic E-state index is 0.0554. The van der Waals surface area contributed by atoms with E-state index in [1.807, 2.05) is 43.3 Å². The molecular formula is C38H61N3O7SSi2. The van der Waals surface area contributed by atoms with Crippen molar-refractivity contribution in [3.05, 3.63) is 70.8 Å². The van der Waals surface area contributed by atoms with Crippen molar-refractivity contribution < 1.29 is 33.8 Å². The van der Waals surface area contributed by atoms with Gasteiger partial charge in [0.05, 0.1) is 36.9 Å². The van der Waals surface area contributed by atoms with Gasteiger partial charge < -0.3 is 29.1 Å². The number of pyridine rings is 2. The molecule has 7 atom stereocenters. The lowest BCUT2D eigenvalue weighted by Crippen LogP contribution is -2.63. The first-order valence-electron chi connectivity index (χ1n) is 18.0. The van der Waals surface area contributed by atoms with Crippen molar-refractivity contribution in [1.29, 1.82) is 0 Å². The highest BCUT2D eigenvalue weighted by Gasteiger charge is 2.60. The third-order valence-electron chi connectivity index (χ3n) is 9.95. The van der Waals surface area contributed by atoms with Gasteiger partial charge in [-0.1, -0.05) is 60.6 Å². The second-order valence-corrected chi connectivity index (χ2v) is 25.1. The van der Waals surface area contributed by atoms with Crippen LogP contribution in [0.3, 0.4) is 0 Å². The molecule has 0 spiro atoms. The van der Waals surface area contributed by atoms with Crippen molar-refractivity contribution >= 4 is 41.0 Å². The van der Waals surface area contributed by atoms with Crippen LogP contribution in [0.15, 0.2) is 59.4 Å². The summed E-state index contributed by atoms with van der Waals surface area (Å²) in [5.74, 6) is -2.16. The van der Waals surface area contributed by atoms with E-state index >= 15 is 0 Å². The second kappa shape index (κ2) is 17.6. The Balaban J connectivity index is 0.000000330. The molecular weight excluding hydrogens is 699 g/mol. The number of nitrogens with zero attached hydrogens (tertiary/aromatic N) is 3. The van der Waals surface area contributed by atoms with Crippen LogP contribution in [0.4, 0.5) is 0 Å². The average molecular weight is 760 g/mol. The van der Waals surface area contributed by atoms with E-state index in [0.717, 1.165) is 11.4 Å². The maximum Gasteiger partial charge on any atom is 0.353 e. The molecule has 2 aromatic rings. The number of carbonyl (C=O) groups is 2. The average Bonchev–Trinajstić information content (AvgIpc) is 3.26. The quantitative estimate of drug-likeness (QED) is 0.148. The van der Waals surface area contributed by atoms with Crippen molar-refractivity contribution in [3.8, 4) is 0 Å². The van der Waals surface area contributed by atoms with Gasteiger partial charge in [-0.25, -0.2) is 4.79 Å². The number of hydrogen-bond acceptors (Lipinski definition) is 9. The number of amides is 1. The molecule has 0 bridgehead atoms. The first-order valence-corrected chi connectivity index (χ1v) is 24.6. The number of thioether (sulfide) groups is 1. The molecule has 2 aliphatic rings. The fourth-order valence-corrected chi connectivity index (χ4v) is 10.4. The molecule has 1 fully saturated rings. The van der Waals surface area contributed by atoms with Gasteiger partial charge in [-0.2, -0.15) is 0 Å². The fourth-order valence-electron chi connectivity index (χ4n) is 6.26. The molecule has 0 aliphatic carbocycles. The lowest BCUT2D eigenvalue weighted by molar-refractivity contribution is -0.163. The summed E-state index contributed by atoms with van der Waals surface area (Å²) in [4.78, 5) is 35.8. The van der Waals surface area contributed by atoms with Crippen LogP contribution < -0.4 is 0 Å². The number of aliphatic hydroxyl groups is 2. The Morgan fingerprint density at radius 2 is 1.55 bits per heavy atom. The van der Waals surface area contributed by atoms with E-state index in [4.69, 9.17) is 8.85 Å². The molecule has 0 aromatic carbocycles. The van der Waals surface area contributed by atoms with Crippen molar-refractivity contribution in [3.63, 3.8) is 0 Å². The van der Waals surface area contributed by atoms with Crippen LogP contribution in [-0.2, 0) is 31.3 Å². The molecule has 3 N–H and O–H groups in total. The van der Waals surface area contributed by atoms with Gasteiger partial charge in [0, 0.05) is 52.7 Å². The Morgan fingerprint density at radius 3 is 1.98 bits per heavy atom. The van der Waals surface area contributed by atoms with Gasteiger partial charge >= 0.3 is 5.97 Å². The number of carboxylic acid groups (broad SMARTS) is 1. The monoisotopic (exact) mass is 759 g/mol. The van der Waals surface area contributed by atoms with E-state index in [-0.39, 0.29) is 45.4 Å². The summed E-state index contributed by atoms with van der Waals surface area (Å²) in [6, 6.07) is 11.2. The highest BCUT2D eigenvalue weighted by molar-refractivity contribution is 8.03. The summed E-state index contributed by atoms with van der Waals surface area (Å²) in [5, 5.41) is 30.3. The molecule has 1 amide bonds. The number of aliphatic hydroxyl groups excluding tert-OH is 2. The van der Waals surface area contributed by atoms with Gasteiger partial charge in [-0.05, 0) is 67.8 Å². The summed E-state index contributed by atoms with van der Waals surface area (Å²) in [7, 11) is -3.17. The molecule has 13 heteroatoms. The Labute approximate surface area is 312 Å². The molecule has 51 heavy (non-hydrogen) atoms. The van der Waals surface area contributed by atoms with E-state index in [9.17, 15) is 24.9 Å². The standard InChI is InChI=1S/C24H36N2O5SSi.C14H25NO2Si/c1-13-18-17(14(2)27)22(28)26(18)19(23(29)30)20(13)32-16(12-15-10-8-9-11-25-15)21(24(3,4)5)31-33(6)7;1-14(2,3)18(4,5)17-11-13(16)10-12-8-6-7-9-15-12/h8-11,13-14,16-18,21,27,33H,12H2,1-7H3,(H,29,30);6-9,13,16H,10-11H2,1-5H3/t13-,14-,16?,17-,18-,21?;/m1./s1. The Bertz CT molecular complexity index is 1480. The summed E-state index contributed by atoms with van der Waals surface area (Å²) < 4.78 is 12.5. The topological polar surface area (TPSA) is 142 Å². The molecule has 10 nitrogen and oxygen atoms in total.